The second-order valence-electron chi connectivity index (χ2n) is 5.26. The molecule has 6 heteroatoms. The normalized spacial score (nSPS) is 15.8. The Hall–Kier alpha value is -1.11. The van der Waals surface area contributed by atoms with E-state index in [0.29, 0.717) is 12.3 Å². The summed E-state index contributed by atoms with van der Waals surface area (Å²) in [6, 6.07) is 9.92. The van der Waals surface area contributed by atoms with E-state index in [1.165, 1.54) is 11.8 Å². The summed E-state index contributed by atoms with van der Waals surface area (Å²) < 4.78 is 0.845. The van der Waals surface area contributed by atoms with E-state index < -0.39 is 0 Å². The molecule has 0 saturated carbocycles. The fourth-order valence-corrected chi connectivity index (χ4v) is 3.22. The molecule has 0 spiro atoms. The largest absolute Gasteiger partial charge is 0.351 e. The van der Waals surface area contributed by atoms with Crippen molar-refractivity contribution < 1.29 is 9.69 Å². The maximum Gasteiger partial charge on any atom is 0.230 e. The molecule has 0 radical (unpaired) electrons. The summed E-state index contributed by atoms with van der Waals surface area (Å²) in [5.74, 6) is 0.427. The van der Waals surface area contributed by atoms with Crippen molar-refractivity contribution in [3.63, 3.8) is 0 Å². The first-order chi connectivity index (χ1) is 10.1. The Morgan fingerprint density at radius 3 is 2.67 bits per heavy atom. The van der Waals surface area contributed by atoms with Crippen LogP contribution in [0.15, 0.2) is 30.3 Å². The highest BCUT2D eigenvalue weighted by molar-refractivity contribution is 8.23. The third-order valence-electron chi connectivity index (χ3n) is 3.53. The molecular formula is C15H22N3OS2+. The Labute approximate surface area is 135 Å². The van der Waals surface area contributed by atoms with E-state index >= 15 is 0 Å². The second kappa shape index (κ2) is 8.36. The van der Waals surface area contributed by atoms with E-state index in [1.807, 2.05) is 30.3 Å². The topological polar surface area (TPSA) is 36.8 Å². The minimum atomic E-state index is 0.0333. The first-order valence-corrected chi connectivity index (χ1v) is 8.58. The summed E-state index contributed by atoms with van der Waals surface area (Å²) in [6.45, 7) is 4.78. The Morgan fingerprint density at radius 1 is 1.33 bits per heavy atom. The molecule has 1 saturated heterocycles. The number of thioether (sulfide) groups is 1. The molecule has 1 aliphatic rings. The summed E-state index contributed by atoms with van der Waals surface area (Å²) >= 11 is 6.87. The van der Waals surface area contributed by atoms with Gasteiger partial charge in [-0.15, -0.1) is 0 Å². The molecule has 1 aliphatic heterocycles. The molecule has 1 heterocycles. The van der Waals surface area contributed by atoms with Crippen molar-refractivity contribution >= 4 is 34.2 Å². The van der Waals surface area contributed by atoms with Gasteiger partial charge in [0.15, 0.2) is 0 Å². The molecule has 0 atom stereocenters. The Morgan fingerprint density at radius 2 is 2.00 bits per heavy atom. The fraction of sp³-hybridized carbons (Fsp3) is 0.467. The lowest BCUT2D eigenvalue weighted by Gasteiger charge is -2.31. The van der Waals surface area contributed by atoms with Gasteiger partial charge in [-0.25, -0.2) is 0 Å². The van der Waals surface area contributed by atoms with Crippen LogP contribution in [0.4, 0.5) is 0 Å². The average Bonchev–Trinajstić information content (AvgIpc) is 2.52. The lowest BCUT2D eigenvalue weighted by molar-refractivity contribution is -0.883. The first kappa shape index (κ1) is 16.3. The quantitative estimate of drug-likeness (QED) is 0.773. The van der Waals surface area contributed by atoms with Gasteiger partial charge in [-0.1, -0.05) is 54.3 Å². The van der Waals surface area contributed by atoms with E-state index in [4.69, 9.17) is 12.2 Å². The van der Waals surface area contributed by atoms with Crippen LogP contribution in [-0.4, -0.2) is 54.1 Å². The molecule has 0 aliphatic carbocycles. The molecule has 1 aromatic carbocycles. The van der Waals surface area contributed by atoms with Gasteiger partial charge in [0.05, 0.1) is 39.0 Å². The highest BCUT2D eigenvalue weighted by atomic mass is 32.2. The third-order valence-corrected chi connectivity index (χ3v) is 5.06. The van der Waals surface area contributed by atoms with Gasteiger partial charge in [0.1, 0.15) is 4.32 Å². The van der Waals surface area contributed by atoms with Gasteiger partial charge in [0.25, 0.3) is 0 Å². The maximum atomic E-state index is 11.8. The Balaban J connectivity index is 1.65. The van der Waals surface area contributed by atoms with Gasteiger partial charge in [0.2, 0.25) is 5.91 Å². The number of carbonyl (C=O) groups excluding carboxylic acids is 1. The number of likely N-dealkylation sites (N-methyl/N-ethyl adjacent to an activating group) is 1. The zero-order valence-corrected chi connectivity index (χ0v) is 13.9. The number of hydrogen-bond donors (Lipinski definition) is 2. The van der Waals surface area contributed by atoms with Crippen LogP contribution >= 0.6 is 24.0 Å². The minimum Gasteiger partial charge on any atom is -0.351 e. The highest BCUT2D eigenvalue weighted by Gasteiger charge is 2.19. The van der Waals surface area contributed by atoms with Crippen LogP contribution in [0.2, 0.25) is 0 Å². The first-order valence-electron chi connectivity index (χ1n) is 7.19. The van der Waals surface area contributed by atoms with Crippen LogP contribution in [0.25, 0.3) is 0 Å². The number of carbonyl (C=O) groups is 1. The number of nitrogens with one attached hydrogen (secondary N) is 2. The summed E-state index contributed by atoms with van der Waals surface area (Å²) in [4.78, 5) is 15.6. The van der Waals surface area contributed by atoms with Crippen molar-refractivity contribution in [1.82, 2.24) is 10.2 Å². The van der Waals surface area contributed by atoms with Crippen LogP contribution in [0.5, 0.6) is 0 Å². The minimum absolute atomic E-state index is 0.0333. The molecule has 0 unspecified atom stereocenters. The SMILES string of the molecule is C[NH+]1CCN(C(=S)SCC(=O)NCc2ccccc2)CC1. The zero-order valence-electron chi connectivity index (χ0n) is 12.3. The molecule has 114 valence electrons. The van der Waals surface area contributed by atoms with E-state index in [0.717, 1.165) is 36.1 Å². The molecule has 1 fully saturated rings. The second-order valence-corrected chi connectivity index (χ2v) is 6.87. The van der Waals surface area contributed by atoms with Gasteiger partial charge in [-0.05, 0) is 5.56 Å². The zero-order chi connectivity index (χ0) is 15.1. The molecular weight excluding hydrogens is 302 g/mol. The average molecular weight is 324 g/mol. The van der Waals surface area contributed by atoms with Crippen molar-refractivity contribution in [2.45, 2.75) is 6.54 Å². The maximum absolute atomic E-state index is 11.8. The number of amides is 1. The van der Waals surface area contributed by atoms with Crippen LogP contribution < -0.4 is 10.2 Å². The van der Waals surface area contributed by atoms with E-state index in [2.05, 4.69) is 17.3 Å². The Bertz CT molecular complexity index is 473. The van der Waals surface area contributed by atoms with Crippen LogP contribution in [0.3, 0.4) is 0 Å². The smallest absolute Gasteiger partial charge is 0.230 e. The number of nitrogens with zero attached hydrogens (tertiary/aromatic N) is 1. The summed E-state index contributed by atoms with van der Waals surface area (Å²) in [6.07, 6.45) is 0. The monoisotopic (exact) mass is 324 g/mol. The molecule has 1 amide bonds. The number of hydrogen-bond acceptors (Lipinski definition) is 3. The third kappa shape index (κ3) is 5.65. The molecule has 1 aromatic rings. The summed E-state index contributed by atoms with van der Waals surface area (Å²) in [5, 5.41) is 2.92. The number of quaternary nitrogens is 1. The molecule has 0 aromatic heterocycles. The van der Waals surface area contributed by atoms with Crippen molar-refractivity contribution in [2.75, 3.05) is 39.0 Å². The van der Waals surface area contributed by atoms with Gasteiger partial charge >= 0.3 is 0 Å². The lowest BCUT2D eigenvalue weighted by Crippen LogP contribution is -3.12. The van der Waals surface area contributed by atoms with Gasteiger partial charge in [-0.2, -0.15) is 0 Å². The number of thiocarbonyl (C=S) groups is 1. The van der Waals surface area contributed by atoms with Crippen LogP contribution in [-0.2, 0) is 11.3 Å². The molecule has 2 N–H and O–H groups in total. The van der Waals surface area contributed by atoms with E-state index in [-0.39, 0.29) is 5.91 Å². The number of benzene rings is 1. The van der Waals surface area contributed by atoms with Crippen molar-refractivity contribution in [1.29, 1.82) is 0 Å². The van der Waals surface area contributed by atoms with E-state index in [1.54, 1.807) is 4.90 Å². The fourth-order valence-electron chi connectivity index (χ4n) is 2.14. The molecule has 21 heavy (non-hydrogen) atoms. The van der Waals surface area contributed by atoms with Crippen molar-refractivity contribution in [2.24, 2.45) is 0 Å². The van der Waals surface area contributed by atoms with Gasteiger partial charge in [-0.3, -0.25) is 4.79 Å². The van der Waals surface area contributed by atoms with E-state index in [9.17, 15) is 4.79 Å². The number of piperazine rings is 1. The van der Waals surface area contributed by atoms with Crippen molar-refractivity contribution in [3.8, 4) is 0 Å². The Kier molecular flexibility index (Phi) is 6.48. The molecule has 2 rings (SSSR count). The van der Waals surface area contributed by atoms with Gasteiger partial charge in [0, 0.05) is 6.54 Å². The number of rotatable bonds is 4. The van der Waals surface area contributed by atoms with Crippen LogP contribution in [0.1, 0.15) is 5.56 Å². The predicted molar refractivity (Wildman–Crippen MR) is 91.5 cm³/mol. The highest BCUT2D eigenvalue weighted by Crippen LogP contribution is 2.09. The predicted octanol–water partition coefficient (Wildman–Crippen LogP) is 0.151. The van der Waals surface area contributed by atoms with Crippen LogP contribution in [0, 0.1) is 0 Å². The van der Waals surface area contributed by atoms with Gasteiger partial charge < -0.3 is 15.1 Å². The molecule has 4 nitrogen and oxygen atoms in total. The van der Waals surface area contributed by atoms with Crippen molar-refractivity contribution in [3.05, 3.63) is 35.9 Å². The standard InChI is InChI=1S/C15H21N3OS2/c1-17-7-9-18(10-8-17)15(20)21-12-14(19)16-11-13-5-3-2-4-6-13/h2-6H,7-12H2,1H3,(H,16,19)/p+1. The summed E-state index contributed by atoms with van der Waals surface area (Å²) in [5.41, 5.74) is 1.11. The molecule has 0 bridgehead atoms. The lowest BCUT2D eigenvalue weighted by atomic mass is 10.2. The summed E-state index contributed by atoms with van der Waals surface area (Å²) in [7, 11) is 2.20.